The van der Waals surface area contributed by atoms with Gasteiger partial charge in [-0.15, -0.1) is 0 Å². The predicted molar refractivity (Wildman–Crippen MR) is 219 cm³/mol. The second-order valence-corrected chi connectivity index (χ2v) is 16.1. The third-order valence-corrected chi connectivity index (χ3v) is 12.8. The minimum atomic E-state index is -3.76. The maximum atomic E-state index is 14.3. The number of allylic oxidation sites excluding steroid dienone is 2. The third-order valence-electron chi connectivity index (χ3n) is 10.9. The number of benzene rings is 6. The summed E-state index contributed by atoms with van der Waals surface area (Å²) < 4.78 is 34.8. The number of rotatable bonds is 10. The molecule has 7 aromatic rings. The van der Waals surface area contributed by atoms with Gasteiger partial charge in [-0.2, -0.15) is 0 Å². The molecule has 0 saturated carbocycles. The van der Waals surface area contributed by atoms with Crippen LogP contribution in [0, 0.1) is 11.8 Å². The number of hydrogen-bond donors (Lipinski definition) is 0. The van der Waals surface area contributed by atoms with Crippen molar-refractivity contribution in [2.24, 2.45) is 16.8 Å². The summed E-state index contributed by atoms with van der Waals surface area (Å²) in [5.74, 6) is 0.195. The Morgan fingerprint density at radius 3 is 2.13 bits per heavy atom. The molecule has 264 valence electrons. The van der Waals surface area contributed by atoms with E-state index in [1.165, 1.54) is 0 Å². The molecule has 3 unspecified atom stereocenters. The Balaban J connectivity index is 1.35. The second-order valence-electron chi connectivity index (χ2n) is 14.2. The molecule has 1 aliphatic rings. The lowest BCUT2D eigenvalue weighted by molar-refractivity contribution is 0.457. The molecule has 5 heteroatoms. The lowest BCUT2D eigenvalue weighted by Gasteiger charge is -2.25. The number of fused-ring (bicyclic) bond motifs is 6. The van der Waals surface area contributed by atoms with E-state index >= 15 is 0 Å². The Hall–Kier alpha value is -5.52. The molecule has 8 rings (SSSR count). The van der Waals surface area contributed by atoms with Crippen molar-refractivity contribution in [1.82, 2.24) is 0 Å². The van der Waals surface area contributed by atoms with Gasteiger partial charge in [-0.3, -0.25) is 4.99 Å². The molecule has 3 atom stereocenters. The van der Waals surface area contributed by atoms with Crippen LogP contribution in [0.3, 0.4) is 0 Å². The van der Waals surface area contributed by atoms with E-state index in [2.05, 4.69) is 113 Å². The first-order valence-corrected chi connectivity index (χ1v) is 20.1. The Morgan fingerprint density at radius 1 is 0.698 bits per heavy atom. The molecule has 0 N–H and O–H groups in total. The van der Waals surface area contributed by atoms with Gasteiger partial charge in [0, 0.05) is 33.4 Å². The van der Waals surface area contributed by atoms with Gasteiger partial charge in [-0.05, 0) is 83.5 Å². The van der Waals surface area contributed by atoms with E-state index in [0.717, 1.165) is 85.0 Å². The van der Waals surface area contributed by atoms with Gasteiger partial charge in [0.05, 0.1) is 21.5 Å². The van der Waals surface area contributed by atoms with E-state index in [1.54, 1.807) is 12.1 Å². The number of para-hydroxylation sites is 1. The van der Waals surface area contributed by atoms with Gasteiger partial charge in [0.15, 0.2) is 0 Å². The molecule has 0 aliphatic carbocycles. The van der Waals surface area contributed by atoms with Crippen molar-refractivity contribution in [3.05, 3.63) is 162 Å². The average Bonchev–Trinajstić information content (AvgIpc) is 3.69. The average molecular weight is 714 g/mol. The van der Waals surface area contributed by atoms with Gasteiger partial charge in [0.25, 0.3) is 0 Å². The number of hydrogen-bond acceptors (Lipinski definition) is 4. The van der Waals surface area contributed by atoms with Crippen LogP contribution in [0.4, 0.5) is 0 Å². The van der Waals surface area contributed by atoms with Gasteiger partial charge in [0.1, 0.15) is 11.2 Å². The van der Waals surface area contributed by atoms with Gasteiger partial charge < -0.3 is 4.42 Å². The van der Waals surface area contributed by atoms with Gasteiger partial charge >= 0.3 is 0 Å². The zero-order chi connectivity index (χ0) is 36.7. The van der Waals surface area contributed by atoms with Crippen LogP contribution in [0.25, 0.3) is 49.8 Å². The van der Waals surface area contributed by atoms with E-state index < -0.39 is 9.84 Å². The Kier molecular flexibility index (Phi) is 9.22. The summed E-state index contributed by atoms with van der Waals surface area (Å²) in [6.45, 7) is 8.81. The fraction of sp³-hybridized carbons (Fsp3) is 0.188. The smallest absolute Gasteiger partial charge is 0.207 e. The summed E-state index contributed by atoms with van der Waals surface area (Å²) in [7, 11) is -3.76. The van der Waals surface area contributed by atoms with E-state index in [9.17, 15) is 8.42 Å². The molecule has 0 amide bonds. The van der Waals surface area contributed by atoms with Crippen molar-refractivity contribution in [2.45, 2.75) is 56.4 Å². The summed E-state index contributed by atoms with van der Waals surface area (Å²) in [5, 5.41) is 2.09. The second kappa shape index (κ2) is 14.1. The highest BCUT2D eigenvalue weighted by molar-refractivity contribution is 7.92. The van der Waals surface area contributed by atoms with Crippen LogP contribution in [0.1, 0.15) is 63.3 Å². The largest absolute Gasteiger partial charge is 0.456 e. The number of nitrogens with zero attached hydrogens (tertiary/aromatic N) is 1. The quantitative estimate of drug-likeness (QED) is 0.133. The highest BCUT2D eigenvalue weighted by Crippen LogP contribution is 2.48. The molecular formula is C48H43NO3S. The van der Waals surface area contributed by atoms with Crippen LogP contribution in [0.5, 0.6) is 0 Å². The molecule has 1 aliphatic heterocycles. The summed E-state index contributed by atoms with van der Waals surface area (Å²) in [6.07, 6.45) is 4.07. The maximum Gasteiger partial charge on any atom is 0.207 e. The van der Waals surface area contributed by atoms with E-state index in [0.29, 0.717) is 9.79 Å². The minimum absolute atomic E-state index is 0.0660. The standard InChI is InChI=1S/C48H43NO3S/c1-5-31(3)47(35-18-11-8-12-19-35)49-48(33(6-2)28-32(4)34-16-9-7-10-17-34)39-21-15-23-45-46(39)41-30-37(25-27-44(41)53(45,50)51)36-24-26-43-40(29-36)38-20-13-14-22-42(38)52-43/h7-31,33,47H,5-6H2,1-4H3/b32-28+,49-48+. The monoisotopic (exact) mass is 713 g/mol. The molecular weight excluding hydrogens is 671 g/mol. The first-order valence-electron chi connectivity index (χ1n) is 18.6. The summed E-state index contributed by atoms with van der Waals surface area (Å²) in [4.78, 5) is 6.38. The lowest BCUT2D eigenvalue weighted by Crippen LogP contribution is -2.19. The maximum absolute atomic E-state index is 14.3. The van der Waals surface area contributed by atoms with Crippen molar-refractivity contribution in [3.8, 4) is 22.3 Å². The summed E-state index contributed by atoms with van der Waals surface area (Å²) in [6, 6.07) is 46.6. The van der Waals surface area contributed by atoms with E-state index in [1.807, 2.05) is 48.5 Å². The fourth-order valence-corrected chi connectivity index (χ4v) is 9.50. The van der Waals surface area contributed by atoms with Gasteiger partial charge in [-0.25, -0.2) is 8.42 Å². The first-order chi connectivity index (χ1) is 25.8. The Morgan fingerprint density at radius 2 is 1.38 bits per heavy atom. The van der Waals surface area contributed by atoms with Crippen molar-refractivity contribution in [3.63, 3.8) is 0 Å². The summed E-state index contributed by atoms with van der Waals surface area (Å²) in [5.41, 5.74) is 10.3. The number of furan rings is 1. The molecule has 4 nitrogen and oxygen atoms in total. The molecule has 2 heterocycles. The topological polar surface area (TPSA) is 59.6 Å². The highest BCUT2D eigenvalue weighted by atomic mass is 32.2. The van der Waals surface area contributed by atoms with Gasteiger partial charge in [0.2, 0.25) is 9.84 Å². The number of sulfone groups is 1. The first kappa shape index (κ1) is 34.6. The van der Waals surface area contributed by atoms with Crippen LogP contribution in [-0.2, 0) is 9.84 Å². The number of aliphatic imine (C=N–C) groups is 1. The Bertz CT molecular complexity index is 2640. The lowest BCUT2D eigenvalue weighted by atomic mass is 9.85. The van der Waals surface area contributed by atoms with Gasteiger partial charge in [-0.1, -0.05) is 136 Å². The highest BCUT2D eigenvalue weighted by Gasteiger charge is 2.37. The zero-order valence-electron chi connectivity index (χ0n) is 30.6. The zero-order valence-corrected chi connectivity index (χ0v) is 31.4. The fourth-order valence-electron chi connectivity index (χ4n) is 7.82. The van der Waals surface area contributed by atoms with E-state index in [4.69, 9.17) is 9.41 Å². The molecule has 1 aromatic heterocycles. The molecule has 0 saturated heterocycles. The molecule has 6 aromatic carbocycles. The van der Waals surface area contributed by atoms with Crippen molar-refractivity contribution < 1.29 is 12.8 Å². The molecule has 53 heavy (non-hydrogen) atoms. The van der Waals surface area contributed by atoms with Crippen LogP contribution in [-0.4, -0.2) is 14.1 Å². The minimum Gasteiger partial charge on any atom is -0.456 e. The SMILES string of the molecule is CCC(/C=C(\C)c1ccccc1)/C(=N\C(c1ccccc1)C(C)CC)c1cccc2c1-c1cc(-c3ccc4oc5ccccc5c4c3)ccc1S2(=O)=O. The third kappa shape index (κ3) is 6.23. The van der Waals surface area contributed by atoms with Crippen LogP contribution in [0.2, 0.25) is 0 Å². The van der Waals surface area contributed by atoms with Crippen molar-refractivity contribution in [2.75, 3.05) is 0 Å². The predicted octanol–water partition coefficient (Wildman–Crippen LogP) is 12.8. The molecule has 0 bridgehead atoms. The normalized spacial score (nSPS) is 15.6. The van der Waals surface area contributed by atoms with E-state index in [-0.39, 0.29) is 17.9 Å². The summed E-state index contributed by atoms with van der Waals surface area (Å²) >= 11 is 0. The molecule has 0 fully saturated rings. The molecule has 0 spiro atoms. The molecule has 0 radical (unpaired) electrons. The Labute approximate surface area is 312 Å². The van der Waals surface area contributed by atoms with Crippen LogP contribution >= 0.6 is 0 Å². The van der Waals surface area contributed by atoms with Crippen molar-refractivity contribution in [1.29, 1.82) is 0 Å². The van der Waals surface area contributed by atoms with Crippen molar-refractivity contribution >= 4 is 43.1 Å². The van der Waals surface area contributed by atoms with Crippen LogP contribution in [0.15, 0.2) is 165 Å². The van der Waals surface area contributed by atoms with Crippen LogP contribution < -0.4 is 0 Å².